The van der Waals surface area contributed by atoms with Gasteiger partial charge in [-0.05, 0) is 47.7 Å². The van der Waals surface area contributed by atoms with Crippen molar-refractivity contribution in [2.45, 2.75) is 49.2 Å². The highest BCUT2D eigenvalue weighted by Gasteiger charge is 2.31. The third kappa shape index (κ3) is 2.97. The fraction of sp³-hybridized carbons (Fsp3) is 0.500. The summed E-state index contributed by atoms with van der Waals surface area (Å²) in [4.78, 5) is 14.7. The number of aromatic nitrogens is 4. The van der Waals surface area contributed by atoms with E-state index in [9.17, 15) is 4.79 Å². The number of carbonyl (C=O) groups excluding carboxylic acids is 1. The van der Waals surface area contributed by atoms with Crippen molar-refractivity contribution in [2.24, 2.45) is 0 Å². The van der Waals surface area contributed by atoms with Crippen molar-refractivity contribution in [3.63, 3.8) is 0 Å². The molecule has 0 bridgehead atoms. The minimum Gasteiger partial charge on any atom is -0.337 e. The van der Waals surface area contributed by atoms with E-state index in [4.69, 9.17) is 0 Å². The molecule has 2 aromatic rings. The topological polar surface area (TPSA) is 63.9 Å². The maximum Gasteiger partial charge on any atom is 0.236 e. The summed E-state index contributed by atoms with van der Waals surface area (Å²) >= 11 is 1.46. The SMILES string of the molecule is CC(Sc1nnnn1C1CC1)C(=O)N1CCc2ccccc2C1. The van der Waals surface area contributed by atoms with Gasteiger partial charge in [-0.2, -0.15) is 0 Å². The molecular weight excluding hydrogens is 310 g/mol. The van der Waals surface area contributed by atoms with Gasteiger partial charge in [0.1, 0.15) is 0 Å². The summed E-state index contributed by atoms with van der Waals surface area (Å²) in [5.74, 6) is 0.162. The lowest BCUT2D eigenvalue weighted by Crippen LogP contribution is -2.40. The largest absolute Gasteiger partial charge is 0.337 e. The predicted molar refractivity (Wildman–Crippen MR) is 87.0 cm³/mol. The molecule has 120 valence electrons. The first-order chi connectivity index (χ1) is 11.2. The Kier molecular flexibility index (Phi) is 3.80. The quantitative estimate of drug-likeness (QED) is 0.804. The van der Waals surface area contributed by atoms with Gasteiger partial charge >= 0.3 is 0 Å². The van der Waals surface area contributed by atoms with Crippen LogP contribution in [-0.4, -0.2) is 42.8 Å². The van der Waals surface area contributed by atoms with E-state index in [-0.39, 0.29) is 11.2 Å². The highest BCUT2D eigenvalue weighted by Crippen LogP contribution is 2.37. The first-order valence-corrected chi connectivity index (χ1v) is 8.90. The Hall–Kier alpha value is -1.89. The molecule has 1 saturated carbocycles. The third-order valence-corrected chi connectivity index (χ3v) is 5.46. The number of fused-ring (bicyclic) bond motifs is 1. The number of carbonyl (C=O) groups is 1. The monoisotopic (exact) mass is 329 g/mol. The van der Waals surface area contributed by atoms with Gasteiger partial charge in [-0.1, -0.05) is 36.0 Å². The Morgan fingerprint density at radius 3 is 2.87 bits per heavy atom. The summed E-state index contributed by atoms with van der Waals surface area (Å²) < 4.78 is 1.86. The van der Waals surface area contributed by atoms with Gasteiger partial charge in [0.15, 0.2) is 0 Å². The maximum atomic E-state index is 12.8. The summed E-state index contributed by atoms with van der Waals surface area (Å²) in [6.07, 6.45) is 3.19. The molecule has 1 atom stereocenters. The lowest BCUT2D eigenvalue weighted by atomic mass is 10.00. The molecule has 1 aliphatic carbocycles. The van der Waals surface area contributed by atoms with Crippen molar-refractivity contribution in [1.82, 2.24) is 25.1 Å². The molecule has 1 aromatic heterocycles. The molecule has 2 aliphatic rings. The van der Waals surface area contributed by atoms with Crippen LogP contribution < -0.4 is 0 Å². The van der Waals surface area contributed by atoms with E-state index in [0.29, 0.717) is 12.6 Å². The summed E-state index contributed by atoms with van der Waals surface area (Å²) in [6.45, 7) is 3.43. The van der Waals surface area contributed by atoms with E-state index in [1.54, 1.807) is 0 Å². The molecule has 1 aromatic carbocycles. The van der Waals surface area contributed by atoms with Crippen molar-refractivity contribution < 1.29 is 4.79 Å². The van der Waals surface area contributed by atoms with Gasteiger partial charge < -0.3 is 4.90 Å². The van der Waals surface area contributed by atoms with Crippen LogP contribution in [0.4, 0.5) is 0 Å². The van der Waals surface area contributed by atoms with Gasteiger partial charge in [0.25, 0.3) is 0 Å². The Morgan fingerprint density at radius 2 is 2.09 bits per heavy atom. The van der Waals surface area contributed by atoms with E-state index >= 15 is 0 Å². The highest BCUT2D eigenvalue weighted by atomic mass is 32.2. The summed E-state index contributed by atoms with van der Waals surface area (Å²) in [6, 6.07) is 8.79. The van der Waals surface area contributed by atoms with Gasteiger partial charge in [0.05, 0.1) is 11.3 Å². The van der Waals surface area contributed by atoms with Gasteiger partial charge in [-0.3, -0.25) is 4.79 Å². The Labute approximate surface area is 139 Å². The highest BCUT2D eigenvalue weighted by molar-refractivity contribution is 8.00. The zero-order chi connectivity index (χ0) is 15.8. The number of benzene rings is 1. The molecular formula is C16H19N5OS. The molecule has 0 N–H and O–H groups in total. The Balaban J connectivity index is 1.43. The fourth-order valence-electron chi connectivity index (χ4n) is 2.96. The molecule has 4 rings (SSSR count). The number of hydrogen-bond donors (Lipinski definition) is 0. The zero-order valence-electron chi connectivity index (χ0n) is 13.1. The van der Waals surface area contributed by atoms with Crippen LogP contribution in [0.15, 0.2) is 29.4 Å². The number of hydrogen-bond acceptors (Lipinski definition) is 5. The average molecular weight is 329 g/mol. The maximum absolute atomic E-state index is 12.8. The van der Waals surface area contributed by atoms with E-state index in [1.807, 2.05) is 22.6 Å². The van der Waals surface area contributed by atoms with Crippen molar-refractivity contribution in [3.8, 4) is 0 Å². The van der Waals surface area contributed by atoms with Gasteiger partial charge in [-0.15, -0.1) is 5.10 Å². The number of tetrazole rings is 1. The Morgan fingerprint density at radius 1 is 1.30 bits per heavy atom. The van der Waals surface area contributed by atoms with Crippen LogP contribution in [0, 0.1) is 0 Å². The average Bonchev–Trinajstić information content (AvgIpc) is 3.33. The molecule has 6 nitrogen and oxygen atoms in total. The normalized spacial score (nSPS) is 18.6. The molecule has 23 heavy (non-hydrogen) atoms. The summed E-state index contributed by atoms with van der Waals surface area (Å²) in [5, 5.41) is 12.5. The lowest BCUT2D eigenvalue weighted by molar-refractivity contribution is -0.131. The Bertz CT molecular complexity index is 727. The van der Waals surface area contributed by atoms with Crippen LogP contribution >= 0.6 is 11.8 Å². The number of rotatable bonds is 4. The van der Waals surface area contributed by atoms with Crippen molar-refractivity contribution in [2.75, 3.05) is 6.54 Å². The minimum atomic E-state index is -0.177. The smallest absolute Gasteiger partial charge is 0.236 e. The van der Waals surface area contributed by atoms with Crippen molar-refractivity contribution in [3.05, 3.63) is 35.4 Å². The minimum absolute atomic E-state index is 0.162. The van der Waals surface area contributed by atoms with Crippen molar-refractivity contribution >= 4 is 17.7 Å². The fourth-order valence-corrected chi connectivity index (χ4v) is 3.90. The predicted octanol–water partition coefficient (Wildman–Crippen LogP) is 2.07. The van der Waals surface area contributed by atoms with E-state index in [2.05, 4.69) is 33.7 Å². The van der Waals surface area contributed by atoms with E-state index < -0.39 is 0 Å². The molecule has 2 heterocycles. The van der Waals surface area contributed by atoms with E-state index in [0.717, 1.165) is 31.0 Å². The molecule has 1 aliphatic heterocycles. The molecule has 1 fully saturated rings. The van der Waals surface area contributed by atoms with E-state index in [1.165, 1.54) is 22.9 Å². The van der Waals surface area contributed by atoms with Crippen molar-refractivity contribution in [1.29, 1.82) is 0 Å². The van der Waals surface area contributed by atoms with Crippen LogP contribution in [-0.2, 0) is 17.8 Å². The van der Waals surface area contributed by atoms with Crippen LogP contribution in [0.2, 0.25) is 0 Å². The molecule has 1 amide bonds. The molecule has 7 heteroatoms. The number of thioether (sulfide) groups is 1. The molecule has 0 saturated heterocycles. The van der Waals surface area contributed by atoms with Crippen LogP contribution in [0.25, 0.3) is 0 Å². The molecule has 0 spiro atoms. The standard InChI is InChI=1S/C16H19N5OS/c1-11(23-16-17-18-19-21(16)14-6-7-14)15(22)20-9-8-12-4-2-3-5-13(12)10-20/h2-5,11,14H,6-10H2,1H3. The number of amides is 1. The van der Waals surface area contributed by atoms with Gasteiger partial charge in [0.2, 0.25) is 11.1 Å². The van der Waals surface area contributed by atoms with Crippen LogP contribution in [0.3, 0.4) is 0 Å². The molecule has 0 radical (unpaired) electrons. The van der Waals surface area contributed by atoms with Crippen LogP contribution in [0.1, 0.15) is 36.9 Å². The lowest BCUT2D eigenvalue weighted by Gasteiger charge is -2.30. The second-order valence-electron chi connectivity index (χ2n) is 6.18. The first kappa shape index (κ1) is 14.7. The van der Waals surface area contributed by atoms with Crippen LogP contribution in [0.5, 0.6) is 0 Å². The second-order valence-corrected chi connectivity index (χ2v) is 7.48. The second kappa shape index (κ2) is 5.96. The third-order valence-electron chi connectivity index (χ3n) is 4.43. The molecule has 1 unspecified atom stereocenters. The zero-order valence-corrected chi connectivity index (χ0v) is 13.9. The van der Waals surface area contributed by atoms with Gasteiger partial charge in [-0.25, -0.2) is 4.68 Å². The van der Waals surface area contributed by atoms with Gasteiger partial charge in [0, 0.05) is 13.1 Å². The summed E-state index contributed by atoms with van der Waals surface area (Å²) in [5.41, 5.74) is 2.61. The first-order valence-electron chi connectivity index (χ1n) is 8.02. The number of nitrogens with zero attached hydrogens (tertiary/aromatic N) is 5. The summed E-state index contributed by atoms with van der Waals surface area (Å²) in [7, 11) is 0.